The SMILES string of the molecule is CC(C)(C)c1cc(NC(=O)Nc2cnc(Oc3ccc(-c4cccnc4N)cc3)nc2)n(-c2ccc3c(c2)CCC3)n1. The summed E-state index contributed by atoms with van der Waals surface area (Å²) in [6.45, 7) is 6.29. The Morgan fingerprint density at radius 2 is 1.69 bits per heavy atom. The minimum Gasteiger partial charge on any atom is -0.424 e. The number of amides is 2. The third-order valence-electron chi connectivity index (χ3n) is 7.15. The molecule has 6 rings (SSSR count). The number of carbonyl (C=O) groups excluding carboxylic acids is 1. The fourth-order valence-electron chi connectivity index (χ4n) is 4.91. The van der Waals surface area contributed by atoms with Crippen LogP contribution < -0.4 is 21.1 Å². The van der Waals surface area contributed by atoms with Crippen LogP contribution in [0.4, 0.5) is 22.1 Å². The van der Waals surface area contributed by atoms with Crippen LogP contribution in [0.3, 0.4) is 0 Å². The van der Waals surface area contributed by atoms with E-state index in [1.54, 1.807) is 23.0 Å². The van der Waals surface area contributed by atoms with Gasteiger partial charge in [-0.05, 0) is 72.4 Å². The number of rotatable bonds is 6. The molecule has 0 spiro atoms. The summed E-state index contributed by atoms with van der Waals surface area (Å²) >= 11 is 0. The van der Waals surface area contributed by atoms with Gasteiger partial charge in [-0.15, -0.1) is 0 Å². The van der Waals surface area contributed by atoms with Crippen molar-refractivity contribution in [2.45, 2.75) is 45.4 Å². The number of nitrogen functional groups attached to an aromatic ring is 1. The van der Waals surface area contributed by atoms with Gasteiger partial charge in [0.15, 0.2) is 0 Å². The lowest BCUT2D eigenvalue weighted by molar-refractivity contribution is 0.262. The van der Waals surface area contributed by atoms with Crippen LogP contribution in [0.25, 0.3) is 16.8 Å². The van der Waals surface area contributed by atoms with E-state index >= 15 is 0 Å². The maximum Gasteiger partial charge on any atom is 0.324 e. The molecule has 212 valence electrons. The Labute approximate surface area is 244 Å². The Hall–Kier alpha value is -5.25. The van der Waals surface area contributed by atoms with Gasteiger partial charge < -0.3 is 15.8 Å². The van der Waals surface area contributed by atoms with Crippen molar-refractivity contribution in [3.63, 3.8) is 0 Å². The van der Waals surface area contributed by atoms with Crippen LogP contribution in [-0.2, 0) is 18.3 Å². The van der Waals surface area contributed by atoms with Gasteiger partial charge in [-0.2, -0.15) is 5.10 Å². The lowest BCUT2D eigenvalue weighted by Gasteiger charge is -2.14. The third kappa shape index (κ3) is 5.78. The third-order valence-corrected chi connectivity index (χ3v) is 7.15. The van der Waals surface area contributed by atoms with Gasteiger partial charge in [0.1, 0.15) is 17.4 Å². The van der Waals surface area contributed by atoms with Gasteiger partial charge in [-0.1, -0.05) is 39.0 Å². The minimum atomic E-state index is -0.430. The standard InChI is InChI=1S/C32H32N8O2/c1-32(2,3)27-17-28(40(39-27)24-12-9-20-6-4-7-22(20)16-24)38-30(41)37-23-18-35-31(36-19-23)42-25-13-10-21(11-14-25)26-8-5-15-34-29(26)33/h5,8-19H,4,6-7H2,1-3H3,(H2,33,34)(H2,37,38,41). The van der Waals surface area contributed by atoms with Crippen molar-refractivity contribution in [2.75, 3.05) is 16.4 Å². The molecule has 3 aromatic heterocycles. The summed E-state index contributed by atoms with van der Waals surface area (Å²) in [5.41, 5.74) is 12.5. The van der Waals surface area contributed by atoms with Crippen molar-refractivity contribution < 1.29 is 9.53 Å². The lowest BCUT2D eigenvalue weighted by atomic mass is 9.92. The van der Waals surface area contributed by atoms with Crippen molar-refractivity contribution in [1.82, 2.24) is 24.7 Å². The number of benzene rings is 2. The molecule has 0 fully saturated rings. The first-order chi connectivity index (χ1) is 20.2. The van der Waals surface area contributed by atoms with Gasteiger partial charge in [0.2, 0.25) is 0 Å². The van der Waals surface area contributed by atoms with E-state index in [0.717, 1.165) is 35.3 Å². The predicted molar refractivity (Wildman–Crippen MR) is 163 cm³/mol. The summed E-state index contributed by atoms with van der Waals surface area (Å²) in [4.78, 5) is 25.6. The molecule has 10 nitrogen and oxygen atoms in total. The highest BCUT2D eigenvalue weighted by atomic mass is 16.5. The average Bonchev–Trinajstić information content (AvgIpc) is 3.62. The molecule has 5 aromatic rings. The highest BCUT2D eigenvalue weighted by molar-refractivity contribution is 5.99. The summed E-state index contributed by atoms with van der Waals surface area (Å²) in [6.07, 6.45) is 7.97. The minimum absolute atomic E-state index is 0.152. The maximum atomic E-state index is 13.0. The number of carbonyl (C=O) groups is 1. The van der Waals surface area contributed by atoms with E-state index in [9.17, 15) is 4.79 Å². The van der Waals surface area contributed by atoms with Crippen LogP contribution in [0.15, 0.2) is 79.3 Å². The molecule has 1 aliphatic carbocycles. The highest BCUT2D eigenvalue weighted by Crippen LogP contribution is 2.30. The van der Waals surface area contributed by atoms with Crippen molar-refractivity contribution in [3.05, 3.63) is 96.1 Å². The van der Waals surface area contributed by atoms with Gasteiger partial charge >= 0.3 is 12.0 Å². The second-order valence-electron chi connectivity index (χ2n) is 11.3. The summed E-state index contributed by atoms with van der Waals surface area (Å²) in [6, 6.07) is 19.2. The smallest absolute Gasteiger partial charge is 0.324 e. The van der Waals surface area contributed by atoms with E-state index in [2.05, 4.69) is 64.6 Å². The summed E-state index contributed by atoms with van der Waals surface area (Å²) in [5, 5.41) is 10.6. The van der Waals surface area contributed by atoms with Crippen molar-refractivity contribution in [2.24, 2.45) is 0 Å². The molecule has 3 heterocycles. The first-order valence-corrected chi connectivity index (χ1v) is 13.8. The first kappa shape index (κ1) is 26.9. The Balaban J connectivity index is 1.13. The predicted octanol–water partition coefficient (Wildman–Crippen LogP) is 6.53. The molecule has 0 aliphatic heterocycles. The molecule has 0 bridgehead atoms. The van der Waals surface area contributed by atoms with Crippen LogP contribution in [0.1, 0.15) is 44.0 Å². The number of aromatic nitrogens is 5. The van der Waals surface area contributed by atoms with E-state index in [0.29, 0.717) is 23.1 Å². The van der Waals surface area contributed by atoms with Crippen LogP contribution in [0, 0.1) is 0 Å². The molecule has 0 radical (unpaired) electrons. The molecular formula is C32H32N8O2. The molecule has 42 heavy (non-hydrogen) atoms. The number of hydrogen-bond acceptors (Lipinski definition) is 7. The largest absolute Gasteiger partial charge is 0.424 e. The van der Waals surface area contributed by atoms with Gasteiger partial charge in [0, 0.05) is 23.2 Å². The van der Waals surface area contributed by atoms with Crippen molar-refractivity contribution in [1.29, 1.82) is 0 Å². The van der Waals surface area contributed by atoms with E-state index in [1.165, 1.54) is 29.9 Å². The molecular weight excluding hydrogens is 528 g/mol. The van der Waals surface area contributed by atoms with Crippen molar-refractivity contribution in [3.8, 4) is 28.6 Å². The number of aryl methyl sites for hydroxylation is 2. The number of hydrogen-bond donors (Lipinski definition) is 3. The first-order valence-electron chi connectivity index (χ1n) is 13.8. The molecule has 0 unspecified atom stereocenters. The normalized spacial score (nSPS) is 12.5. The summed E-state index contributed by atoms with van der Waals surface area (Å²) < 4.78 is 7.57. The zero-order chi connectivity index (χ0) is 29.3. The van der Waals surface area contributed by atoms with Gasteiger partial charge in [-0.3, -0.25) is 5.32 Å². The van der Waals surface area contributed by atoms with E-state index in [-0.39, 0.29) is 11.4 Å². The number of nitrogens with one attached hydrogen (secondary N) is 2. The average molecular weight is 561 g/mol. The van der Waals surface area contributed by atoms with Crippen LogP contribution in [-0.4, -0.2) is 30.8 Å². The Kier molecular flexibility index (Phi) is 7.03. The van der Waals surface area contributed by atoms with Crippen LogP contribution >= 0.6 is 0 Å². The fourth-order valence-corrected chi connectivity index (χ4v) is 4.91. The Bertz CT molecular complexity index is 1740. The maximum absolute atomic E-state index is 13.0. The second kappa shape index (κ2) is 11.0. The number of ether oxygens (including phenoxy) is 1. The number of pyridine rings is 1. The number of urea groups is 1. The Morgan fingerprint density at radius 3 is 2.43 bits per heavy atom. The molecule has 1 aliphatic rings. The lowest BCUT2D eigenvalue weighted by Crippen LogP contribution is -2.21. The molecule has 0 saturated carbocycles. The van der Waals surface area contributed by atoms with Gasteiger partial charge in [0.05, 0.1) is 29.5 Å². The highest BCUT2D eigenvalue weighted by Gasteiger charge is 2.22. The quantitative estimate of drug-likeness (QED) is 0.215. The number of fused-ring (bicyclic) bond motifs is 1. The van der Waals surface area contributed by atoms with Crippen molar-refractivity contribution >= 4 is 23.4 Å². The number of nitrogens with zero attached hydrogens (tertiary/aromatic N) is 5. The van der Waals surface area contributed by atoms with E-state index in [1.807, 2.05) is 30.3 Å². The molecule has 10 heteroatoms. The topological polar surface area (TPSA) is 133 Å². The van der Waals surface area contributed by atoms with E-state index < -0.39 is 6.03 Å². The number of nitrogens with two attached hydrogens (primary N) is 1. The van der Waals surface area contributed by atoms with Crippen LogP contribution in [0.5, 0.6) is 11.8 Å². The summed E-state index contributed by atoms with van der Waals surface area (Å²) in [5.74, 6) is 1.60. The zero-order valence-electron chi connectivity index (χ0n) is 23.8. The molecule has 2 aromatic carbocycles. The monoisotopic (exact) mass is 560 g/mol. The Morgan fingerprint density at radius 1 is 0.929 bits per heavy atom. The van der Waals surface area contributed by atoms with Gasteiger partial charge in [-0.25, -0.2) is 24.4 Å². The van der Waals surface area contributed by atoms with Gasteiger partial charge in [0.25, 0.3) is 0 Å². The summed E-state index contributed by atoms with van der Waals surface area (Å²) in [7, 11) is 0. The molecule has 2 amide bonds. The van der Waals surface area contributed by atoms with E-state index in [4.69, 9.17) is 15.6 Å². The fraction of sp³-hybridized carbons (Fsp3) is 0.219. The molecule has 0 atom stereocenters. The second-order valence-corrected chi connectivity index (χ2v) is 11.3. The molecule has 0 saturated heterocycles. The number of anilines is 3. The van der Waals surface area contributed by atoms with Crippen LogP contribution in [0.2, 0.25) is 0 Å². The molecule has 4 N–H and O–H groups in total. The zero-order valence-corrected chi connectivity index (χ0v) is 23.8.